The van der Waals surface area contributed by atoms with Gasteiger partial charge in [-0.05, 0) is 24.1 Å². The van der Waals surface area contributed by atoms with Gasteiger partial charge in [-0.25, -0.2) is 4.79 Å². The van der Waals surface area contributed by atoms with Gasteiger partial charge in [-0.1, -0.05) is 30.3 Å². The predicted molar refractivity (Wildman–Crippen MR) is 133 cm³/mol. The molecule has 5 N–H and O–H groups in total. The number of carbonyl (C=O) groups excluding carboxylic acids is 2. The maximum atomic E-state index is 13.0. The molecular weight excluding hydrogens is 523 g/mol. The molecule has 2 heterocycles. The molecule has 13 heteroatoms. The fourth-order valence-corrected chi connectivity index (χ4v) is 4.32. The lowest BCUT2D eigenvalue weighted by Gasteiger charge is -2.26. The zero-order chi connectivity index (χ0) is 28.6. The number of carbonyl (C=O) groups is 3. The molecule has 1 saturated heterocycles. The summed E-state index contributed by atoms with van der Waals surface area (Å²) in [4.78, 5) is 34.5. The Morgan fingerprint density at radius 1 is 1.15 bits per heavy atom. The van der Waals surface area contributed by atoms with E-state index in [1.54, 1.807) is 12.1 Å². The number of aliphatic carboxylic acids is 1. The quantitative estimate of drug-likeness (QED) is 0.347. The minimum absolute atomic E-state index is 0.0685. The molecule has 0 bridgehead atoms. The molecule has 2 aliphatic heterocycles. The highest BCUT2D eigenvalue weighted by Crippen LogP contribution is 2.45. The fourth-order valence-electron chi connectivity index (χ4n) is 4.32. The number of rotatable bonds is 7. The van der Waals surface area contributed by atoms with Crippen molar-refractivity contribution in [2.45, 2.75) is 24.1 Å². The maximum Gasteiger partial charge on any atom is 0.490 e. The van der Waals surface area contributed by atoms with E-state index in [1.807, 2.05) is 30.3 Å². The van der Waals surface area contributed by atoms with Gasteiger partial charge in [0.1, 0.15) is 12.4 Å². The summed E-state index contributed by atoms with van der Waals surface area (Å²) in [5.41, 5.74) is 1.28. The van der Waals surface area contributed by atoms with E-state index in [1.165, 1.54) is 7.05 Å². The summed E-state index contributed by atoms with van der Waals surface area (Å²) in [5, 5.41) is 26.4. The standard InChI is InChI=1S/C24H29N3O5.C2HF3O2/c1-25-23(30)19-11-16(22(29)27-8-7-18-13-26-9-10-31-18)12-20-21(19)32-15-24(20,14-28)17-5-3-2-4-6-17;3-2(4,5)1(6)7/h2-6,11-12,18,26,28H,7-10,13-15H2,1H3,(H,25,30)(H,27,29);(H,6,7)/t18-,24-;/m1./s1. The van der Waals surface area contributed by atoms with Gasteiger partial charge < -0.3 is 35.6 Å². The van der Waals surface area contributed by atoms with E-state index in [0.717, 1.165) is 18.7 Å². The highest BCUT2D eigenvalue weighted by Gasteiger charge is 2.44. The summed E-state index contributed by atoms with van der Waals surface area (Å²) in [6.07, 6.45) is -4.32. The molecule has 0 spiro atoms. The molecule has 2 amide bonds. The summed E-state index contributed by atoms with van der Waals surface area (Å²) in [7, 11) is 1.53. The van der Waals surface area contributed by atoms with Crippen molar-refractivity contribution in [3.8, 4) is 5.75 Å². The molecule has 0 saturated carbocycles. The van der Waals surface area contributed by atoms with E-state index < -0.39 is 17.6 Å². The van der Waals surface area contributed by atoms with Crippen molar-refractivity contribution in [1.29, 1.82) is 0 Å². The highest BCUT2D eigenvalue weighted by atomic mass is 19.4. The van der Waals surface area contributed by atoms with Gasteiger partial charge >= 0.3 is 12.1 Å². The summed E-state index contributed by atoms with van der Waals surface area (Å²) in [6, 6.07) is 12.8. The number of amides is 2. The largest absolute Gasteiger partial charge is 0.491 e. The van der Waals surface area contributed by atoms with Crippen LogP contribution >= 0.6 is 0 Å². The minimum atomic E-state index is -5.08. The average Bonchev–Trinajstić information content (AvgIpc) is 3.32. The second-order valence-electron chi connectivity index (χ2n) is 8.92. The number of carboxylic acid groups (broad SMARTS) is 1. The monoisotopic (exact) mass is 553 g/mol. The molecule has 2 aromatic carbocycles. The van der Waals surface area contributed by atoms with Crippen molar-refractivity contribution in [1.82, 2.24) is 16.0 Å². The maximum absolute atomic E-state index is 13.0. The molecule has 0 aromatic heterocycles. The Kier molecular flexibility index (Phi) is 9.89. The number of aliphatic hydroxyl groups is 1. The number of ether oxygens (including phenoxy) is 2. The van der Waals surface area contributed by atoms with Crippen molar-refractivity contribution >= 4 is 17.8 Å². The Morgan fingerprint density at radius 3 is 2.41 bits per heavy atom. The molecule has 0 radical (unpaired) electrons. The first-order chi connectivity index (χ1) is 18.5. The lowest BCUT2D eigenvalue weighted by molar-refractivity contribution is -0.192. The average molecular weight is 554 g/mol. The second-order valence-corrected chi connectivity index (χ2v) is 8.92. The number of fused-ring (bicyclic) bond motifs is 1. The van der Waals surface area contributed by atoms with E-state index in [9.17, 15) is 27.9 Å². The topological polar surface area (TPSA) is 146 Å². The number of halogens is 3. The molecule has 2 aromatic rings. The first kappa shape index (κ1) is 29.9. The van der Waals surface area contributed by atoms with Crippen LogP contribution in [0.5, 0.6) is 5.75 Å². The van der Waals surface area contributed by atoms with Crippen LogP contribution in [0.2, 0.25) is 0 Å². The van der Waals surface area contributed by atoms with E-state index in [-0.39, 0.29) is 36.7 Å². The van der Waals surface area contributed by atoms with E-state index >= 15 is 0 Å². The minimum Gasteiger partial charge on any atom is -0.491 e. The summed E-state index contributed by atoms with van der Waals surface area (Å²) in [5.74, 6) is -2.99. The van der Waals surface area contributed by atoms with Gasteiger partial charge in [0.05, 0.1) is 30.3 Å². The molecule has 212 valence electrons. The molecular formula is C26H30F3N3O7. The SMILES string of the molecule is CNC(=O)c1cc(C(=O)NCC[C@@H]2CNCCO2)cc2c1OC[C@]2(CO)c1ccccc1.O=C(O)C(F)(F)F. The van der Waals surface area contributed by atoms with Crippen molar-refractivity contribution in [2.75, 3.05) is 46.5 Å². The highest BCUT2D eigenvalue weighted by molar-refractivity contribution is 6.02. The fraction of sp³-hybridized carbons (Fsp3) is 0.423. The molecule has 39 heavy (non-hydrogen) atoms. The van der Waals surface area contributed by atoms with Crippen molar-refractivity contribution in [3.05, 3.63) is 64.7 Å². The van der Waals surface area contributed by atoms with Crippen LogP contribution in [0, 0.1) is 0 Å². The van der Waals surface area contributed by atoms with Gasteiger partial charge in [-0.15, -0.1) is 0 Å². The third-order valence-corrected chi connectivity index (χ3v) is 6.40. The van der Waals surface area contributed by atoms with Crippen LogP contribution in [0.1, 0.15) is 38.3 Å². The first-order valence-electron chi connectivity index (χ1n) is 12.1. The molecule has 0 aliphatic carbocycles. The third-order valence-electron chi connectivity index (χ3n) is 6.40. The number of hydrogen-bond acceptors (Lipinski definition) is 7. The summed E-state index contributed by atoms with van der Waals surface area (Å²) in [6.45, 7) is 2.71. The van der Waals surface area contributed by atoms with Crippen LogP contribution in [0.15, 0.2) is 42.5 Å². The van der Waals surface area contributed by atoms with Crippen molar-refractivity contribution in [3.63, 3.8) is 0 Å². The molecule has 2 atom stereocenters. The number of carboxylic acids is 1. The molecule has 4 rings (SSSR count). The van der Waals surface area contributed by atoms with Crippen LogP contribution in [0.3, 0.4) is 0 Å². The van der Waals surface area contributed by atoms with Crippen LogP contribution in [0.4, 0.5) is 13.2 Å². The Balaban J connectivity index is 0.000000532. The summed E-state index contributed by atoms with van der Waals surface area (Å²) < 4.78 is 43.3. The predicted octanol–water partition coefficient (Wildman–Crippen LogP) is 1.46. The molecule has 0 unspecified atom stereocenters. The Morgan fingerprint density at radius 2 is 1.85 bits per heavy atom. The second kappa shape index (κ2) is 12.9. The molecule has 2 aliphatic rings. The van der Waals surface area contributed by atoms with Crippen LogP contribution in [0.25, 0.3) is 0 Å². The zero-order valence-electron chi connectivity index (χ0n) is 21.1. The van der Waals surface area contributed by atoms with Gasteiger partial charge in [-0.2, -0.15) is 13.2 Å². The van der Waals surface area contributed by atoms with Crippen molar-refractivity contribution < 1.29 is 47.2 Å². The van der Waals surface area contributed by atoms with Gasteiger partial charge in [0, 0.05) is 37.8 Å². The normalized spacial score (nSPS) is 20.1. The van der Waals surface area contributed by atoms with Crippen molar-refractivity contribution in [2.24, 2.45) is 0 Å². The Hall–Kier alpha value is -3.68. The van der Waals surface area contributed by atoms with Crippen LogP contribution < -0.4 is 20.7 Å². The van der Waals surface area contributed by atoms with Gasteiger partial charge in [0.15, 0.2) is 0 Å². The number of aliphatic hydroxyl groups excluding tert-OH is 1. The lowest BCUT2D eigenvalue weighted by atomic mass is 9.76. The van der Waals surface area contributed by atoms with Crippen LogP contribution in [-0.2, 0) is 14.9 Å². The number of alkyl halides is 3. The number of benzene rings is 2. The number of morpholine rings is 1. The third kappa shape index (κ3) is 7.05. The first-order valence-corrected chi connectivity index (χ1v) is 12.1. The summed E-state index contributed by atoms with van der Waals surface area (Å²) >= 11 is 0. The lowest BCUT2D eigenvalue weighted by Crippen LogP contribution is -2.40. The van der Waals surface area contributed by atoms with Crippen LogP contribution in [-0.4, -0.2) is 86.8 Å². The van der Waals surface area contributed by atoms with Gasteiger partial charge in [0.2, 0.25) is 0 Å². The number of hydrogen-bond donors (Lipinski definition) is 5. The number of nitrogens with one attached hydrogen (secondary N) is 3. The van der Waals surface area contributed by atoms with E-state index in [2.05, 4.69) is 16.0 Å². The van der Waals surface area contributed by atoms with E-state index in [0.29, 0.717) is 36.4 Å². The van der Waals surface area contributed by atoms with Gasteiger partial charge in [-0.3, -0.25) is 9.59 Å². The molecule has 10 nitrogen and oxygen atoms in total. The Labute approximate surface area is 222 Å². The van der Waals surface area contributed by atoms with Gasteiger partial charge in [0.25, 0.3) is 11.8 Å². The zero-order valence-corrected chi connectivity index (χ0v) is 21.1. The molecule has 1 fully saturated rings. The smallest absolute Gasteiger partial charge is 0.490 e. The Bertz CT molecular complexity index is 1170. The van der Waals surface area contributed by atoms with E-state index in [4.69, 9.17) is 19.4 Å².